The van der Waals surface area contributed by atoms with E-state index >= 15 is 0 Å². The van der Waals surface area contributed by atoms with Crippen molar-refractivity contribution < 1.29 is 39.9 Å². The molecule has 1 saturated heterocycles. The Bertz CT molecular complexity index is 1350. The van der Waals surface area contributed by atoms with Crippen LogP contribution in [0.1, 0.15) is 45.2 Å². The molecular formula is C25H22F5NO4S. The molecular weight excluding hydrogens is 505 g/mol. The maximum absolute atomic E-state index is 13.9. The summed E-state index contributed by atoms with van der Waals surface area (Å²) < 4.78 is 90.9. The summed E-state index contributed by atoms with van der Waals surface area (Å²) in [6.07, 6.45) is 1.05. The molecule has 3 aromatic carbocycles. The summed E-state index contributed by atoms with van der Waals surface area (Å²) in [6, 6.07) is 9.42. The van der Waals surface area contributed by atoms with Crippen LogP contribution in [0.3, 0.4) is 0 Å². The number of halogens is 5. The summed E-state index contributed by atoms with van der Waals surface area (Å²) >= 11 is -2.59. The van der Waals surface area contributed by atoms with Gasteiger partial charge >= 0.3 is 6.09 Å². The van der Waals surface area contributed by atoms with E-state index in [0.29, 0.717) is 18.4 Å². The van der Waals surface area contributed by atoms with Crippen molar-refractivity contribution >= 4 is 27.9 Å². The quantitative estimate of drug-likeness (QED) is 0.215. The Kier molecular flexibility index (Phi) is 6.96. The average molecular weight is 528 g/mol. The first kappa shape index (κ1) is 25.9. The second-order valence-electron chi connectivity index (χ2n) is 9.28. The number of likely N-dealkylation sites (tertiary alicyclic amines) is 1. The molecule has 1 aliphatic heterocycles. The fourth-order valence-electron chi connectivity index (χ4n) is 4.09. The summed E-state index contributed by atoms with van der Waals surface area (Å²) in [7, 11) is 0. The molecule has 1 aliphatic rings. The molecule has 0 spiro atoms. The molecule has 11 heteroatoms. The van der Waals surface area contributed by atoms with E-state index < -0.39 is 57.6 Å². The summed E-state index contributed by atoms with van der Waals surface area (Å²) in [5.74, 6) is -12.8. The largest absolute Gasteiger partial charge is 0.444 e. The Morgan fingerprint density at radius 3 is 2.25 bits per heavy atom. The molecule has 2 atom stereocenters. The number of amides is 1. The number of carbonyl (C=O) groups excluding carboxylic acids is 1. The zero-order valence-corrected chi connectivity index (χ0v) is 20.4. The van der Waals surface area contributed by atoms with E-state index in [1.165, 1.54) is 12.1 Å². The van der Waals surface area contributed by atoms with Gasteiger partial charge in [0.2, 0.25) is 45.9 Å². The van der Waals surface area contributed by atoms with Gasteiger partial charge in [-0.05, 0) is 62.1 Å². The van der Waals surface area contributed by atoms with Gasteiger partial charge in [-0.1, -0.05) is 24.3 Å². The minimum absolute atomic E-state index is 0.0565. The molecule has 5 nitrogen and oxygen atoms in total. The normalized spacial score (nSPS) is 16.9. The maximum atomic E-state index is 13.9. The van der Waals surface area contributed by atoms with Gasteiger partial charge in [0.1, 0.15) is 5.60 Å². The molecule has 0 bridgehead atoms. The zero-order valence-electron chi connectivity index (χ0n) is 19.5. The van der Waals surface area contributed by atoms with Crippen molar-refractivity contribution in [1.29, 1.82) is 0 Å². The smallest absolute Gasteiger partial charge is 0.410 e. The average Bonchev–Trinajstić information content (AvgIpc) is 3.32. The first-order chi connectivity index (χ1) is 16.9. The topological polar surface area (TPSA) is 55.8 Å². The number of fused-ring (bicyclic) bond motifs is 1. The molecule has 0 N–H and O–H groups in total. The predicted octanol–water partition coefficient (Wildman–Crippen LogP) is 6.71. The number of rotatable bonds is 4. The molecule has 0 saturated carbocycles. The van der Waals surface area contributed by atoms with Gasteiger partial charge in [0, 0.05) is 6.54 Å². The Hall–Kier alpha value is -3.21. The number of nitrogens with zero attached hydrogens (tertiary/aromatic N) is 1. The van der Waals surface area contributed by atoms with Crippen LogP contribution in [-0.2, 0) is 15.8 Å². The third kappa shape index (κ3) is 4.88. The summed E-state index contributed by atoms with van der Waals surface area (Å²) in [5.41, 5.74) is 0.172. The van der Waals surface area contributed by atoms with Gasteiger partial charge in [-0.15, -0.1) is 0 Å². The first-order valence-corrected chi connectivity index (χ1v) is 12.1. The van der Waals surface area contributed by atoms with Crippen LogP contribution in [0.5, 0.6) is 5.75 Å². The highest BCUT2D eigenvalue weighted by Gasteiger charge is 2.34. The molecule has 0 radical (unpaired) electrons. The second-order valence-corrected chi connectivity index (χ2v) is 10.4. The minimum Gasteiger partial charge on any atom is -0.444 e. The molecule has 192 valence electrons. The van der Waals surface area contributed by atoms with E-state index in [1.807, 2.05) is 6.07 Å². The van der Waals surface area contributed by atoms with Crippen LogP contribution in [0.4, 0.5) is 26.7 Å². The molecule has 1 fully saturated rings. The van der Waals surface area contributed by atoms with Crippen molar-refractivity contribution in [2.45, 2.75) is 50.2 Å². The highest BCUT2D eigenvalue weighted by molar-refractivity contribution is 7.80. The SMILES string of the molecule is CC(C)(C)OC(=O)N1CCCC1c1cccc2cc(S(=O)Oc3c(F)c(F)c(F)c(F)c3F)ccc12. The minimum atomic E-state index is -2.59. The Labute approximate surface area is 206 Å². The van der Waals surface area contributed by atoms with Gasteiger partial charge in [0.15, 0.2) is 0 Å². The van der Waals surface area contributed by atoms with Gasteiger partial charge < -0.3 is 13.8 Å². The maximum Gasteiger partial charge on any atom is 0.410 e. The number of benzene rings is 3. The van der Waals surface area contributed by atoms with Gasteiger partial charge in [-0.25, -0.2) is 22.2 Å². The molecule has 0 aromatic heterocycles. The van der Waals surface area contributed by atoms with Gasteiger partial charge in [-0.2, -0.15) is 8.78 Å². The Morgan fingerprint density at radius 2 is 1.61 bits per heavy atom. The van der Waals surface area contributed by atoms with E-state index in [2.05, 4.69) is 4.18 Å². The van der Waals surface area contributed by atoms with Crippen LogP contribution in [0.2, 0.25) is 0 Å². The van der Waals surface area contributed by atoms with Crippen LogP contribution >= 0.6 is 0 Å². The van der Waals surface area contributed by atoms with E-state index in [1.54, 1.807) is 43.9 Å². The van der Waals surface area contributed by atoms with Gasteiger partial charge in [0.05, 0.1) is 10.9 Å². The van der Waals surface area contributed by atoms with E-state index in [0.717, 1.165) is 17.4 Å². The van der Waals surface area contributed by atoms with Crippen molar-refractivity contribution in [2.75, 3.05) is 6.54 Å². The van der Waals surface area contributed by atoms with Crippen molar-refractivity contribution in [3.05, 3.63) is 71.0 Å². The molecule has 1 amide bonds. The second kappa shape index (κ2) is 9.68. The van der Waals surface area contributed by atoms with Crippen molar-refractivity contribution in [2.24, 2.45) is 0 Å². The lowest BCUT2D eigenvalue weighted by Gasteiger charge is -2.29. The lowest BCUT2D eigenvalue weighted by molar-refractivity contribution is 0.0225. The third-order valence-electron chi connectivity index (χ3n) is 5.65. The van der Waals surface area contributed by atoms with Crippen LogP contribution in [0, 0.1) is 29.1 Å². The van der Waals surface area contributed by atoms with Gasteiger partial charge in [0.25, 0.3) is 0 Å². The number of hydrogen-bond acceptors (Lipinski definition) is 4. The molecule has 4 rings (SSSR count). The van der Waals surface area contributed by atoms with Crippen LogP contribution in [0.25, 0.3) is 10.8 Å². The lowest BCUT2D eigenvalue weighted by atomic mass is 9.97. The molecule has 1 heterocycles. The van der Waals surface area contributed by atoms with Crippen LogP contribution in [-0.4, -0.2) is 27.3 Å². The fraction of sp³-hybridized carbons (Fsp3) is 0.320. The van der Waals surface area contributed by atoms with Crippen LogP contribution in [0.15, 0.2) is 41.3 Å². The van der Waals surface area contributed by atoms with Crippen molar-refractivity contribution in [3.63, 3.8) is 0 Å². The number of hydrogen-bond donors (Lipinski definition) is 0. The Balaban J connectivity index is 1.64. The van der Waals surface area contributed by atoms with Gasteiger partial charge in [-0.3, -0.25) is 0 Å². The Morgan fingerprint density at radius 1 is 0.972 bits per heavy atom. The zero-order chi connectivity index (χ0) is 26.4. The summed E-state index contributed by atoms with van der Waals surface area (Å²) in [6.45, 7) is 5.87. The molecule has 0 aliphatic carbocycles. The third-order valence-corrected chi connectivity index (χ3v) is 6.60. The number of carbonyl (C=O) groups is 1. The molecule has 2 unspecified atom stereocenters. The van der Waals surface area contributed by atoms with Crippen molar-refractivity contribution in [1.82, 2.24) is 4.90 Å². The monoisotopic (exact) mass is 527 g/mol. The highest BCUT2D eigenvalue weighted by atomic mass is 32.2. The lowest BCUT2D eigenvalue weighted by Crippen LogP contribution is -2.36. The fourth-order valence-corrected chi connectivity index (χ4v) is 4.89. The predicted molar refractivity (Wildman–Crippen MR) is 122 cm³/mol. The summed E-state index contributed by atoms with van der Waals surface area (Å²) in [4.78, 5) is 14.3. The van der Waals surface area contributed by atoms with Crippen LogP contribution < -0.4 is 4.18 Å². The van der Waals surface area contributed by atoms with E-state index in [4.69, 9.17) is 4.74 Å². The standard InChI is InChI=1S/C25H22F5NO4S/c1-25(2,3)34-24(32)31-11-5-8-17(31)16-7-4-6-13-12-14(9-10-15(13)16)36(33)35-23-21(29)19(27)18(26)20(28)22(23)30/h4,6-7,9-10,12,17H,5,8,11H2,1-3H3. The van der Waals surface area contributed by atoms with E-state index in [9.17, 15) is 31.0 Å². The molecule has 3 aromatic rings. The summed E-state index contributed by atoms with van der Waals surface area (Å²) in [5, 5.41) is 1.31. The highest BCUT2D eigenvalue weighted by Crippen LogP contribution is 2.37. The first-order valence-electron chi connectivity index (χ1n) is 11.0. The number of ether oxygens (including phenoxy) is 1. The van der Waals surface area contributed by atoms with Crippen molar-refractivity contribution in [3.8, 4) is 5.75 Å². The molecule has 36 heavy (non-hydrogen) atoms. The van der Waals surface area contributed by atoms with E-state index in [-0.39, 0.29) is 10.9 Å².